The zero-order valence-corrected chi connectivity index (χ0v) is 20.9. The average molecular weight is 543 g/mol. The van der Waals surface area contributed by atoms with E-state index >= 15 is 0 Å². The number of nitrogens with zero attached hydrogens (tertiary/aromatic N) is 2. The molecule has 2 heterocycles. The standard InChI is InChI=1S/C28H16Cl2N4O4/c29-17-3-7-19(8-4-17)33-25(35)21-13-15(1-11-23(21)31-27(33)37)16-2-12-24-22(14-16)26(36)34(28(38)32-24)20-9-5-18(30)6-10-20/h1-14H,(H,31,37)(H,32,38). The molecule has 0 amide bonds. The van der Waals surface area contributed by atoms with E-state index in [2.05, 4.69) is 9.97 Å². The molecule has 0 aliphatic carbocycles. The maximum atomic E-state index is 13.4. The lowest BCUT2D eigenvalue weighted by Gasteiger charge is -2.10. The Hall–Kier alpha value is -4.66. The van der Waals surface area contributed by atoms with Gasteiger partial charge in [0, 0.05) is 10.0 Å². The number of hydrogen-bond donors (Lipinski definition) is 2. The number of nitrogens with one attached hydrogen (secondary N) is 2. The van der Waals surface area contributed by atoms with Gasteiger partial charge in [0.15, 0.2) is 0 Å². The Morgan fingerprint density at radius 3 is 1.24 bits per heavy atom. The summed E-state index contributed by atoms with van der Waals surface area (Å²) in [6.07, 6.45) is 0. The summed E-state index contributed by atoms with van der Waals surface area (Å²) in [4.78, 5) is 57.5. The number of aromatic amines is 2. The molecular formula is C28H16Cl2N4O4. The summed E-state index contributed by atoms with van der Waals surface area (Å²) in [5.74, 6) is 0. The van der Waals surface area contributed by atoms with Crippen molar-refractivity contribution in [2.24, 2.45) is 0 Å². The van der Waals surface area contributed by atoms with Crippen molar-refractivity contribution in [3.05, 3.63) is 137 Å². The highest BCUT2D eigenvalue weighted by Gasteiger charge is 2.14. The SMILES string of the molecule is O=c1[nH]c2ccc(-c3ccc4[nH]c(=O)n(-c5ccc(Cl)cc5)c(=O)c4c3)cc2c(=O)n1-c1ccc(Cl)cc1. The lowest BCUT2D eigenvalue weighted by Crippen LogP contribution is -2.33. The average Bonchev–Trinajstić information content (AvgIpc) is 2.90. The zero-order valence-electron chi connectivity index (χ0n) is 19.4. The third kappa shape index (κ3) is 3.96. The van der Waals surface area contributed by atoms with Gasteiger partial charge in [0.25, 0.3) is 11.1 Å². The topological polar surface area (TPSA) is 110 Å². The van der Waals surface area contributed by atoms with Gasteiger partial charge in [-0.3, -0.25) is 9.59 Å². The number of H-pyrrole nitrogens is 2. The van der Waals surface area contributed by atoms with Crippen molar-refractivity contribution in [2.45, 2.75) is 0 Å². The van der Waals surface area contributed by atoms with Crippen LogP contribution in [0.5, 0.6) is 0 Å². The maximum absolute atomic E-state index is 13.4. The van der Waals surface area contributed by atoms with E-state index < -0.39 is 22.5 Å². The van der Waals surface area contributed by atoms with Gasteiger partial charge >= 0.3 is 11.4 Å². The first-order valence-corrected chi connectivity index (χ1v) is 12.2. The molecule has 6 aromatic rings. The van der Waals surface area contributed by atoms with E-state index in [1.54, 1.807) is 84.9 Å². The normalized spacial score (nSPS) is 11.3. The van der Waals surface area contributed by atoms with E-state index in [-0.39, 0.29) is 10.8 Å². The van der Waals surface area contributed by atoms with Gasteiger partial charge in [-0.25, -0.2) is 18.7 Å². The van der Waals surface area contributed by atoms with E-state index in [1.165, 1.54) is 0 Å². The molecule has 8 nitrogen and oxygen atoms in total. The Balaban J connectivity index is 1.53. The molecule has 0 atom stereocenters. The van der Waals surface area contributed by atoms with Gasteiger partial charge in [0.1, 0.15) is 0 Å². The molecule has 2 aromatic heterocycles. The summed E-state index contributed by atoms with van der Waals surface area (Å²) in [6.45, 7) is 0. The number of aromatic nitrogens is 4. The number of fused-ring (bicyclic) bond motifs is 2. The summed E-state index contributed by atoms with van der Waals surface area (Å²) in [5, 5.41) is 1.54. The van der Waals surface area contributed by atoms with Crippen LogP contribution in [0.25, 0.3) is 44.3 Å². The number of rotatable bonds is 3. The molecule has 0 saturated heterocycles. The van der Waals surface area contributed by atoms with Crippen molar-refractivity contribution >= 4 is 45.0 Å². The Morgan fingerprint density at radius 1 is 0.500 bits per heavy atom. The molecule has 0 saturated carbocycles. The van der Waals surface area contributed by atoms with Crippen LogP contribution in [0.4, 0.5) is 0 Å². The minimum atomic E-state index is -0.574. The van der Waals surface area contributed by atoms with Gasteiger partial charge in [0.05, 0.1) is 33.2 Å². The summed E-state index contributed by atoms with van der Waals surface area (Å²) >= 11 is 11.9. The first-order valence-electron chi connectivity index (χ1n) is 11.4. The van der Waals surface area contributed by atoms with E-state index in [0.717, 1.165) is 9.13 Å². The second-order valence-corrected chi connectivity index (χ2v) is 9.49. The first-order chi connectivity index (χ1) is 18.3. The van der Waals surface area contributed by atoms with Crippen LogP contribution in [0.15, 0.2) is 104 Å². The number of hydrogen-bond acceptors (Lipinski definition) is 4. The minimum Gasteiger partial charge on any atom is -0.306 e. The summed E-state index contributed by atoms with van der Waals surface area (Å²) in [6, 6.07) is 22.8. The molecule has 38 heavy (non-hydrogen) atoms. The molecule has 0 unspecified atom stereocenters. The number of halogens is 2. The third-order valence-electron chi connectivity index (χ3n) is 6.30. The monoisotopic (exact) mass is 542 g/mol. The van der Waals surface area contributed by atoms with E-state index in [1.807, 2.05) is 0 Å². The van der Waals surface area contributed by atoms with E-state index in [4.69, 9.17) is 23.2 Å². The fourth-order valence-corrected chi connectivity index (χ4v) is 4.69. The largest absolute Gasteiger partial charge is 0.333 e. The molecule has 0 aliphatic heterocycles. The van der Waals surface area contributed by atoms with Crippen LogP contribution >= 0.6 is 23.2 Å². The summed E-state index contributed by atoms with van der Waals surface area (Å²) in [5.41, 5.74) is 0.671. The van der Waals surface area contributed by atoms with Crippen LogP contribution in [0.1, 0.15) is 0 Å². The zero-order chi connectivity index (χ0) is 26.6. The summed E-state index contributed by atoms with van der Waals surface area (Å²) < 4.78 is 2.08. The molecule has 0 fully saturated rings. The third-order valence-corrected chi connectivity index (χ3v) is 6.80. The van der Waals surface area contributed by atoms with Crippen LogP contribution in [0, 0.1) is 0 Å². The predicted molar refractivity (Wildman–Crippen MR) is 149 cm³/mol. The van der Waals surface area contributed by atoms with Crippen LogP contribution in [-0.2, 0) is 0 Å². The molecule has 0 spiro atoms. The van der Waals surface area contributed by atoms with Crippen molar-refractivity contribution in [2.75, 3.05) is 0 Å². The van der Waals surface area contributed by atoms with Crippen molar-refractivity contribution in [3.8, 4) is 22.5 Å². The first kappa shape index (κ1) is 23.7. The smallest absolute Gasteiger partial charge is 0.306 e. The fraction of sp³-hybridized carbons (Fsp3) is 0. The second-order valence-electron chi connectivity index (χ2n) is 8.61. The van der Waals surface area contributed by atoms with Gasteiger partial charge in [-0.1, -0.05) is 35.3 Å². The Bertz CT molecular complexity index is 1970. The van der Waals surface area contributed by atoms with Crippen molar-refractivity contribution in [3.63, 3.8) is 0 Å². The lowest BCUT2D eigenvalue weighted by molar-refractivity contribution is 0.901. The van der Waals surface area contributed by atoms with Gasteiger partial charge in [-0.05, 0) is 83.9 Å². The maximum Gasteiger partial charge on any atom is 0.333 e. The predicted octanol–water partition coefficient (Wildman–Crippen LogP) is 4.65. The number of benzene rings is 4. The molecular weight excluding hydrogens is 527 g/mol. The van der Waals surface area contributed by atoms with Crippen molar-refractivity contribution < 1.29 is 0 Å². The van der Waals surface area contributed by atoms with Gasteiger partial charge in [-0.2, -0.15) is 0 Å². The Labute approximate surface area is 223 Å². The van der Waals surface area contributed by atoms with Crippen LogP contribution in [0.2, 0.25) is 10.0 Å². The fourth-order valence-electron chi connectivity index (χ4n) is 4.44. The van der Waals surface area contributed by atoms with Gasteiger partial charge in [0.2, 0.25) is 0 Å². The Morgan fingerprint density at radius 2 is 0.868 bits per heavy atom. The molecule has 2 N–H and O–H groups in total. The molecule has 0 bridgehead atoms. The van der Waals surface area contributed by atoms with Crippen LogP contribution in [-0.4, -0.2) is 19.1 Å². The lowest BCUT2D eigenvalue weighted by atomic mass is 10.0. The van der Waals surface area contributed by atoms with Crippen LogP contribution in [0.3, 0.4) is 0 Å². The van der Waals surface area contributed by atoms with Crippen molar-refractivity contribution in [1.29, 1.82) is 0 Å². The molecule has 0 aliphatic rings. The molecule has 10 heteroatoms. The minimum absolute atomic E-state index is 0.289. The molecule has 4 aromatic carbocycles. The highest BCUT2D eigenvalue weighted by Crippen LogP contribution is 2.24. The van der Waals surface area contributed by atoms with Crippen molar-refractivity contribution in [1.82, 2.24) is 19.1 Å². The van der Waals surface area contributed by atoms with E-state index in [9.17, 15) is 19.2 Å². The van der Waals surface area contributed by atoms with Gasteiger partial charge in [-0.15, -0.1) is 0 Å². The van der Waals surface area contributed by atoms with Crippen LogP contribution < -0.4 is 22.5 Å². The van der Waals surface area contributed by atoms with Gasteiger partial charge < -0.3 is 9.97 Å². The molecule has 0 radical (unpaired) electrons. The van der Waals surface area contributed by atoms with E-state index in [0.29, 0.717) is 43.6 Å². The molecule has 6 rings (SSSR count). The Kier molecular flexibility index (Phi) is 5.63. The highest BCUT2D eigenvalue weighted by molar-refractivity contribution is 6.30. The second kappa shape index (κ2) is 9.02. The quantitative estimate of drug-likeness (QED) is 0.339. The molecule has 186 valence electrons. The highest BCUT2D eigenvalue weighted by atomic mass is 35.5. The summed E-state index contributed by atoms with van der Waals surface area (Å²) in [7, 11) is 0.